The summed E-state index contributed by atoms with van der Waals surface area (Å²) < 4.78 is 17.6. The Morgan fingerprint density at radius 3 is 1.61 bits per heavy atom. The van der Waals surface area contributed by atoms with Crippen LogP contribution in [-0.2, 0) is 9.53 Å². The number of benzene rings is 5. The number of esters is 1. The number of carbonyl (C=O) groups is 1. The normalized spacial score (nSPS) is 11.0. The molecule has 0 saturated carbocycles. The average Bonchev–Trinajstić information content (AvgIpc) is 3.05. The molecule has 0 aliphatic rings. The molecular weight excluding hydrogens is 544 g/mol. The molecule has 0 spiro atoms. The first kappa shape index (κ1) is 30.9. The van der Waals surface area contributed by atoms with Crippen LogP contribution < -0.4 is 9.47 Å². The molecule has 0 aliphatic heterocycles. The molecule has 5 aromatic rings. The molecular formula is C40H42O4. The summed E-state index contributed by atoms with van der Waals surface area (Å²) in [6.07, 6.45) is 7.41. The summed E-state index contributed by atoms with van der Waals surface area (Å²) in [5.74, 6) is 1.21. The first-order valence-corrected chi connectivity index (χ1v) is 15.8. The molecule has 4 nitrogen and oxygen atoms in total. The molecule has 0 aromatic heterocycles. The van der Waals surface area contributed by atoms with Gasteiger partial charge in [0.1, 0.15) is 24.7 Å². The maximum atomic E-state index is 11.8. The maximum absolute atomic E-state index is 11.8. The van der Waals surface area contributed by atoms with Crippen LogP contribution in [0.4, 0.5) is 0 Å². The highest BCUT2D eigenvalue weighted by Gasteiger charge is 2.18. The third kappa shape index (κ3) is 7.49. The van der Waals surface area contributed by atoms with Crippen LogP contribution in [0, 0.1) is 0 Å². The fourth-order valence-corrected chi connectivity index (χ4v) is 5.69. The molecule has 0 heterocycles. The number of carbonyl (C=O) groups excluding carboxylic acids is 1. The van der Waals surface area contributed by atoms with E-state index in [4.69, 9.17) is 14.2 Å². The lowest BCUT2D eigenvalue weighted by Gasteiger charge is -2.19. The zero-order chi connectivity index (χ0) is 30.7. The van der Waals surface area contributed by atoms with Crippen molar-refractivity contribution in [1.82, 2.24) is 0 Å². The predicted octanol–water partition coefficient (Wildman–Crippen LogP) is 10.6. The van der Waals surface area contributed by atoms with E-state index >= 15 is 0 Å². The van der Waals surface area contributed by atoms with Crippen LogP contribution in [0.3, 0.4) is 0 Å². The zero-order valence-corrected chi connectivity index (χ0v) is 25.9. The van der Waals surface area contributed by atoms with E-state index in [-0.39, 0.29) is 13.2 Å². The number of fused-ring (bicyclic) bond motifs is 2. The smallest absolute Gasteiger partial charge is 0.333 e. The Hall–Kier alpha value is -4.57. The van der Waals surface area contributed by atoms with Crippen LogP contribution in [0.15, 0.2) is 109 Å². The van der Waals surface area contributed by atoms with Crippen molar-refractivity contribution >= 4 is 27.5 Å². The lowest BCUT2D eigenvalue weighted by molar-refractivity contribution is -0.139. The Labute approximate surface area is 261 Å². The largest absolute Gasteiger partial charge is 0.494 e. The second kappa shape index (κ2) is 15.2. The minimum Gasteiger partial charge on any atom is -0.494 e. The SMILES string of the molecule is C=C(C)C(=O)OCCOc1ccc2c(-c3ccccc3)c3cc(OCCCCCCCC)ccc3c(-c3ccccc3)c2c1. The van der Waals surface area contributed by atoms with E-state index in [0.29, 0.717) is 5.57 Å². The standard InChI is InChI=1S/C40H42O4/c1-4-5-6-7-8-15-24-42-32-20-22-34-36(27-32)38(30-16-11-9-12-17-30)35-23-21-33(43-25-26-44-40(41)29(2)3)28-37(35)39(34)31-18-13-10-14-19-31/h9-14,16-23,27-28H,2,4-8,15,24-26H2,1,3H3. The lowest BCUT2D eigenvalue weighted by atomic mass is 9.86. The number of hydrogen-bond donors (Lipinski definition) is 0. The number of hydrogen-bond acceptors (Lipinski definition) is 4. The van der Waals surface area contributed by atoms with Crippen LogP contribution >= 0.6 is 0 Å². The number of unbranched alkanes of at least 4 members (excludes halogenated alkanes) is 5. The topological polar surface area (TPSA) is 44.8 Å². The maximum Gasteiger partial charge on any atom is 0.333 e. The Kier molecular flexibility index (Phi) is 10.7. The summed E-state index contributed by atoms with van der Waals surface area (Å²) in [5, 5.41) is 4.54. The van der Waals surface area contributed by atoms with Crippen molar-refractivity contribution in [3.05, 3.63) is 109 Å². The van der Waals surface area contributed by atoms with Crippen molar-refractivity contribution in [2.24, 2.45) is 0 Å². The molecule has 4 heteroatoms. The third-order valence-corrected chi connectivity index (χ3v) is 7.88. The van der Waals surface area contributed by atoms with Gasteiger partial charge in [-0.25, -0.2) is 4.79 Å². The van der Waals surface area contributed by atoms with Crippen LogP contribution in [0.2, 0.25) is 0 Å². The summed E-state index contributed by atoms with van der Waals surface area (Å²) in [4.78, 5) is 11.8. The molecule has 5 rings (SSSR count). The van der Waals surface area contributed by atoms with Gasteiger partial charge in [0, 0.05) is 5.57 Å². The van der Waals surface area contributed by atoms with Crippen LogP contribution in [0.5, 0.6) is 11.5 Å². The van der Waals surface area contributed by atoms with Gasteiger partial charge in [0.2, 0.25) is 0 Å². The minimum atomic E-state index is -0.409. The Morgan fingerprint density at radius 2 is 1.09 bits per heavy atom. The molecule has 5 aromatic carbocycles. The molecule has 0 saturated heterocycles. The first-order chi connectivity index (χ1) is 21.6. The molecule has 226 valence electrons. The summed E-state index contributed by atoms with van der Waals surface area (Å²) in [7, 11) is 0. The van der Waals surface area contributed by atoms with Crippen molar-refractivity contribution in [2.75, 3.05) is 19.8 Å². The van der Waals surface area contributed by atoms with E-state index in [1.54, 1.807) is 6.92 Å². The molecule has 0 unspecified atom stereocenters. The van der Waals surface area contributed by atoms with Crippen molar-refractivity contribution in [3.63, 3.8) is 0 Å². The monoisotopic (exact) mass is 586 g/mol. The van der Waals surface area contributed by atoms with Crippen molar-refractivity contribution < 1.29 is 19.0 Å². The van der Waals surface area contributed by atoms with E-state index < -0.39 is 5.97 Å². The molecule has 0 radical (unpaired) electrons. The van der Waals surface area contributed by atoms with E-state index in [9.17, 15) is 4.79 Å². The van der Waals surface area contributed by atoms with E-state index in [0.717, 1.165) is 62.8 Å². The number of rotatable bonds is 15. The second-order valence-electron chi connectivity index (χ2n) is 11.3. The summed E-state index contributed by atoms with van der Waals surface area (Å²) in [6, 6.07) is 33.8. The van der Waals surface area contributed by atoms with Crippen LogP contribution in [0.25, 0.3) is 43.8 Å². The highest BCUT2D eigenvalue weighted by atomic mass is 16.6. The highest BCUT2D eigenvalue weighted by Crippen LogP contribution is 2.45. The van der Waals surface area contributed by atoms with Gasteiger partial charge in [-0.05, 0) is 81.4 Å². The van der Waals surface area contributed by atoms with Gasteiger partial charge in [-0.3, -0.25) is 0 Å². The van der Waals surface area contributed by atoms with Gasteiger partial charge in [0.15, 0.2) is 0 Å². The van der Waals surface area contributed by atoms with Gasteiger partial charge in [-0.1, -0.05) is 118 Å². The molecule has 0 fully saturated rings. The van der Waals surface area contributed by atoms with Crippen molar-refractivity contribution in [1.29, 1.82) is 0 Å². The van der Waals surface area contributed by atoms with Gasteiger partial charge in [0.25, 0.3) is 0 Å². The summed E-state index contributed by atoms with van der Waals surface area (Å²) in [5.41, 5.74) is 4.98. The first-order valence-electron chi connectivity index (χ1n) is 15.8. The summed E-state index contributed by atoms with van der Waals surface area (Å²) in [6.45, 7) is 8.65. The number of ether oxygens (including phenoxy) is 3. The third-order valence-electron chi connectivity index (χ3n) is 7.88. The van der Waals surface area contributed by atoms with Crippen LogP contribution in [-0.4, -0.2) is 25.8 Å². The van der Waals surface area contributed by atoms with Gasteiger partial charge >= 0.3 is 5.97 Å². The van der Waals surface area contributed by atoms with E-state index in [1.807, 2.05) is 18.2 Å². The van der Waals surface area contributed by atoms with Gasteiger partial charge in [0.05, 0.1) is 6.61 Å². The van der Waals surface area contributed by atoms with E-state index in [2.05, 4.69) is 92.4 Å². The average molecular weight is 587 g/mol. The molecule has 0 aliphatic carbocycles. The molecule has 0 amide bonds. The van der Waals surface area contributed by atoms with Gasteiger partial charge < -0.3 is 14.2 Å². The van der Waals surface area contributed by atoms with Crippen LogP contribution in [0.1, 0.15) is 52.4 Å². The van der Waals surface area contributed by atoms with Gasteiger partial charge in [-0.15, -0.1) is 0 Å². The zero-order valence-electron chi connectivity index (χ0n) is 25.9. The Morgan fingerprint density at radius 1 is 0.591 bits per heavy atom. The van der Waals surface area contributed by atoms with E-state index in [1.165, 1.54) is 37.7 Å². The Balaban J connectivity index is 1.56. The quantitative estimate of drug-likeness (QED) is 0.0530. The Bertz CT molecular complexity index is 1710. The lowest BCUT2D eigenvalue weighted by Crippen LogP contribution is -2.12. The molecule has 0 bridgehead atoms. The fraction of sp³-hybridized carbons (Fsp3) is 0.275. The molecule has 0 N–H and O–H groups in total. The van der Waals surface area contributed by atoms with Gasteiger partial charge in [-0.2, -0.15) is 0 Å². The molecule has 44 heavy (non-hydrogen) atoms. The van der Waals surface area contributed by atoms with Crippen molar-refractivity contribution in [2.45, 2.75) is 52.4 Å². The minimum absolute atomic E-state index is 0.157. The summed E-state index contributed by atoms with van der Waals surface area (Å²) >= 11 is 0. The second-order valence-corrected chi connectivity index (χ2v) is 11.3. The predicted molar refractivity (Wildman–Crippen MR) is 182 cm³/mol. The fourth-order valence-electron chi connectivity index (χ4n) is 5.69. The highest BCUT2D eigenvalue weighted by molar-refractivity contribution is 6.21. The van der Waals surface area contributed by atoms with Crippen molar-refractivity contribution in [3.8, 4) is 33.8 Å². The molecule has 0 atom stereocenters.